The maximum absolute atomic E-state index is 13.5. The van der Waals surface area contributed by atoms with Gasteiger partial charge in [-0.15, -0.1) is 11.3 Å². The van der Waals surface area contributed by atoms with Crippen molar-refractivity contribution >= 4 is 64.8 Å². The van der Waals surface area contributed by atoms with Crippen LogP contribution in [0, 0.1) is 5.82 Å². The van der Waals surface area contributed by atoms with Crippen molar-refractivity contribution in [1.82, 2.24) is 24.9 Å². The molecule has 4 aromatic heterocycles. The third kappa shape index (κ3) is 7.54. The lowest BCUT2D eigenvalue weighted by molar-refractivity contribution is 0.159. The number of rotatable bonds is 11. The van der Waals surface area contributed by atoms with Crippen molar-refractivity contribution in [2.45, 2.75) is 13.2 Å². The maximum atomic E-state index is 13.5. The van der Waals surface area contributed by atoms with Crippen LogP contribution in [-0.2, 0) is 28.2 Å². The van der Waals surface area contributed by atoms with E-state index in [0.717, 1.165) is 16.6 Å². The van der Waals surface area contributed by atoms with Crippen LogP contribution in [-0.4, -0.2) is 44.8 Å². The summed E-state index contributed by atoms with van der Waals surface area (Å²) in [5.41, 5.74) is 3.73. The third-order valence-corrected chi connectivity index (χ3v) is 8.60. The van der Waals surface area contributed by atoms with E-state index >= 15 is 0 Å². The van der Waals surface area contributed by atoms with E-state index in [1.54, 1.807) is 36.5 Å². The van der Waals surface area contributed by atoms with E-state index in [0.29, 0.717) is 43.6 Å². The topological polar surface area (TPSA) is 129 Å². The summed E-state index contributed by atoms with van der Waals surface area (Å²) in [5.74, 6) is 0.876. The van der Waals surface area contributed by atoms with E-state index in [1.807, 2.05) is 29.6 Å². The summed E-state index contributed by atoms with van der Waals surface area (Å²) in [5, 5.41) is 6.59. The van der Waals surface area contributed by atoms with Gasteiger partial charge in [-0.2, -0.15) is 8.42 Å². The van der Waals surface area contributed by atoms with E-state index in [9.17, 15) is 12.8 Å². The molecule has 1 N–H and O–H groups in total. The van der Waals surface area contributed by atoms with Crippen LogP contribution < -0.4 is 10.1 Å². The van der Waals surface area contributed by atoms with Crippen LogP contribution in [0.4, 0.5) is 15.9 Å². The van der Waals surface area contributed by atoms with Crippen molar-refractivity contribution < 1.29 is 22.3 Å². The Morgan fingerprint density at radius 1 is 0.956 bits per heavy atom. The van der Waals surface area contributed by atoms with Gasteiger partial charge in [0.1, 0.15) is 40.2 Å². The second-order valence-corrected chi connectivity index (χ2v) is 12.2. The number of hydrogen-bond donors (Lipinski definition) is 1. The van der Waals surface area contributed by atoms with E-state index in [-0.39, 0.29) is 30.5 Å². The molecule has 226 valence electrons. The molecule has 0 aliphatic heterocycles. The molecule has 0 radical (unpaired) electrons. The molecule has 4 heterocycles. The number of ether oxygens (including phenoxy) is 2. The molecule has 14 heteroatoms. The van der Waals surface area contributed by atoms with Crippen molar-refractivity contribution in [2.24, 2.45) is 0 Å². The quantitative estimate of drug-likeness (QED) is 0.120. The number of pyridine rings is 2. The second kappa shape index (κ2) is 14.0. The molecule has 0 fully saturated rings. The predicted octanol–water partition coefficient (Wildman–Crippen LogP) is 6.38. The highest BCUT2D eigenvalue weighted by molar-refractivity contribution is 9.10. The molecule has 0 aliphatic carbocycles. The summed E-state index contributed by atoms with van der Waals surface area (Å²) in [6.07, 6.45) is 4.64. The molecule has 0 amide bonds. The van der Waals surface area contributed by atoms with Crippen LogP contribution in [0.2, 0.25) is 0 Å². The SMILES string of the molecule is O=S(=O)=C(COCc1nc(-c2cc3c(Nc4ccc(OCc5cccc(F)c5)c(Br)c4)ncnc3cn2)cs1)c1ccccn1. The highest BCUT2D eigenvalue weighted by atomic mass is 79.9. The minimum absolute atomic E-state index is 0.0710. The highest BCUT2D eigenvalue weighted by Crippen LogP contribution is 2.32. The number of halogens is 2. The zero-order valence-electron chi connectivity index (χ0n) is 23.2. The zero-order chi connectivity index (χ0) is 31.2. The first-order valence-corrected chi connectivity index (χ1v) is 16.1. The summed E-state index contributed by atoms with van der Waals surface area (Å²) in [4.78, 5) is 22.1. The van der Waals surface area contributed by atoms with Gasteiger partial charge in [-0.05, 0) is 70.0 Å². The normalized spacial score (nSPS) is 11.0. The summed E-state index contributed by atoms with van der Waals surface area (Å²) in [7, 11) is -2.47. The predicted molar refractivity (Wildman–Crippen MR) is 174 cm³/mol. The average Bonchev–Trinajstić information content (AvgIpc) is 3.52. The van der Waals surface area contributed by atoms with Gasteiger partial charge in [0.2, 0.25) is 10.3 Å². The van der Waals surface area contributed by atoms with Gasteiger partial charge in [0.25, 0.3) is 0 Å². The van der Waals surface area contributed by atoms with Crippen molar-refractivity contribution in [3.05, 3.63) is 117 Å². The lowest BCUT2D eigenvalue weighted by Gasteiger charge is -2.12. The first-order chi connectivity index (χ1) is 21.9. The lowest BCUT2D eigenvalue weighted by atomic mass is 10.2. The fourth-order valence-electron chi connectivity index (χ4n) is 4.28. The Bertz CT molecular complexity index is 2120. The van der Waals surface area contributed by atoms with Gasteiger partial charge in [0.15, 0.2) is 0 Å². The van der Waals surface area contributed by atoms with Crippen LogP contribution in [0.3, 0.4) is 0 Å². The van der Waals surface area contributed by atoms with Crippen LogP contribution in [0.25, 0.3) is 22.3 Å². The number of nitrogens with zero attached hydrogens (tertiary/aromatic N) is 5. The molecule has 6 aromatic rings. The Balaban J connectivity index is 1.14. The average molecular weight is 706 g/mol. The fourth-order valence-corrected chi connectivity index (χ4v) is 5.97. The van der Waals surface area contributed by atoms with Gasteiger partial charge in [0, 0.05) is 22.7 Å². The molecular formula is C31H22BrFN6O4S2. The van der Waals surface area contributed by atoms with Gasteiger partial charge < -0.3 is 14.8 Å². The molecule has 0 bridgehead atoms. The minimum atomic E-state index is -2.47. The molecule has 0 unspecified atom stereocenters. The van der Waals surface area contributed by atoms with Crippen LogP contribution in [0.1, 0.15) is 16.3 Å². The maximum Gasteiger partial charge on any atom is 0.221 e. The molecule has 10 nitrogen and oxygen atoms in total. The first kappa shape index (κ1) is 30.4. The Morgan fingerprint density at radius 2 is 1.87 bits per heavy atom. The molecule has 2 aromatic carbocycles. The van der Waals surface area contributed by atoms with Crippen molar-refractivity contribution in [3.8, 4) is 17.1 Å². The van der Waals surface area contributed by atoms with E-state index in [2.05, 4.69) is 46.2 Å². The monoisotopic (exact) mass is 704 g/mol. The van der Waals surface area contributed by atoms with Crippen molar-refractivity contribution in [1.29, 1.82) is 0 Å². The standard InChI is InChI=1S/C31H22BrFN6O4S2/c32-23-11-21(7-8-28(23)43-14-19-4-3-5-20(33)10-19)38-31-22-12-25(35-13-26(22)36-18-37-31)27-17-44-30(39-27)16-42-15-29(45(40)41)24-6-1-2-9-34-24/h1-13,17-18H,14-16H2,(H,36,37,38). The van der Waals surface area contributed by atoms with E-state index in [1.165, 1.54) is 36.0 Å². The summed E-state index contributed by atoms with van der Waals surface area (Å²) in [6, 6.07) is 18.7. The van der Waals surface area contributed by atoms with Gasteiger partial charge in [-0.3, -0.25) is 9.97 Å². The number of benzene rings is 2. The number of thiazole rings is 1. The van der Waals surface area contributed by atoms with Crippen LogP contribution >= 0.6 is 27.3 Å². The minimum Gasteiger partial charge on any atom is -0.488 e. The number of fused-ring (bicyclic) bond motifs is 1. The second-order valence-electron chi connectivity index (χ2n) is 9.49. The molecule has 0 saturated carbocycles. The van der Waals surface area contributed by atoms with E-state index in [4.69, 9.17) is 9.47 Å². The fraction of sp³-hybridized carbons (Fsp3) is 0.0968. The number of aromatic nitrogens is 5. The van der Waals surface area contributed by atoms with Crippen LogP contribution in [0.5, 0.6) is 5.75 Å². The number of hydrogen-bond acceptors (Lipinski definition) is 11. The smallest absolute Gasteiger partial charge is 0.221 e. The van der Waals surface area contributed by atoms with Crippen molar-refractivity contribution in [2.75, 3.05) is 11.9 Å². The molecule has 0 spiro atoms. The molecule has 45 heavy (non-hydrogen) atoms. The van der Waals surface area contributed by atoms with Crippen LogP contribution in [0.15, 0.2) is 95.3 Å². The lowest BCUT2D eigenvalue weighted by Crippen LogP contribution is -2.13. The number of anilines is 2. The first-order valence-electron chi connectivity index (χ1n) is 13.4. The Labute approximate surface area is 270 Å². The molecule has 0 saturated heterocycles. The molecule has 0 aliphatic rings. The Hall–Kier alpha value is -4.63. The van der Waals surface area contributed by atoms with Gasteiger partial charge >= 0.3 is 0 Å². The van der Waals surface area contributed by atoms with Gasteiger partial charge in [0.05, 0.1) is 46.5 Å². The molecular weight excluding hydrogens is 683 g/mol. The zero-order valence-corrected chi connectivity index (χ0v) is 26.4. The summed E-state index contributed by atoms with van der Waals surface area (Å²) >= 11 is 4.93. The Morgan fingerprint density at radius 3 is 2.67 bits per heavy atom. The van der Waals surface area contributed by atoms with Gasteiger partial charge in [-0.25, -0.2) is 19.3 Å². The largest absolute Gasteiger partial charge is 0.488 e. The molecule has 6 rings (SSSR count). The third-order valence-electron chi connectivity index (χ3n) is 6.42. The van der Waals surface area contributed by atoms with E-state index < -0.39 is 10.3 Å². The Kier molecular flexibility index (Phi) is 9.45. The number of nitrogens with one attached hydrogen (secondary N) is 1. The molecule has 0 atom stereocenters. The summed E-state index contributed by atoms with van der Waals surface area (Å²) in [6.45, 7) is 0.225. The summed E-state index contributed by atoms with van der Waals surface area (Å²) < 4.78 is 49.1. The highest BCUT2D eigenvalue weighted by Gasteiger charge is 2.13. The van der Waals surface area contributed by atoms with Crippen molar-refractivity contribution in [3.63, 3.8) is 0 Å². The van der Waals surface area contributed by atoms with Gasteiger partial charge in [-0.1, -0.05) is 18.2 Å².